The number of urea groups is 1. The van der Waals surface area contributed by atoms with Gasteiger partial charge in [-0.3, -0.25) is 20.2 Å². The molecule has 4 amide bonds. The first-order valence-electron chi connectivity index (χ1n) is 8.12. The Morgan fingerprint density at radius 2 is 2.28 bits per heavy atom. The van der Waals surface area contributed by atoms with Crippen molar-refractivity contribution >= 4 is 23.8 Å². The van der Waals surface area contributed by atoms with Gasteiger partial charge in [-0.1, -0.05) is 0 Å². The van der Waals surface area contributed by atoms with Crippen LogP contribution in [0.5, 0.6) is 0 Å². The average molecular weight is 355 g/mol. The molecule has 3 atom stereocenters. The molecule has 1 saturated heterocycles. The zero-order chi connectivity index (χ0) is 18.4. The Hall–Kier alpha value is -2.24. The molecule has 0 aromatic heterocycles. The third-order valence-corrected chi connectivity index (χ3v) is 4.08. The van der Waals surface area contributed by atoms with E-state index in [9.17, 15) is 14.4 Å². The average Bonchev–Trinajstić information content (AvgIpc) is 2.54. The van der Waals surface area contributed by atoms with Gasteiger partial charge in [0, 0.05) is 32.6 Å². The third kappa shape index (κ3) is 5.66. The molecule has 25 heavy (non-hydrogen) atoms. The standard InChI is InChI=1S/C14H25N7O4/c1-21(10-7-18-14(19-12(10)23)20-13(16)24)11(22)5-8(15)4-9-6-17-2-3-25-9/h8-10,17H,2-7,15H2,1H3,(H4,16,18,19,20,23,24)/t8?,9?,10-/m0/s1. The highest BCUT2D eigenvalue weighted by Crippen LogP contribution is 2.10. The molecule has 0 aliphatic carbocycles. The number of guanidine groups is 1. The molecule has 11 heteroatoms. The second kappa shape index (κ2) is 8.74. The Morgan fingerprint density at radius 1 is 1.52 bits per heavy atom. The highest BCUT2D eigenvalue weighted by atomic mass is 16.5. The lowest BCUT2D eigenvalue weighted by Gasteiger charge is -2.30. The first-order chi connectivity index (χ1) is 11.9. The van der Waals surface area contributed by atoms with Crippen molar-refractivity contribution in [3.8, 4) is 0 Å². The van der Waals surface area contributed by atoms with Crippen LogP contribution < -0.4 is 27.4 Å². The van der Waals surface area contributed by atoms with Gasteiger partial charge < -0.3 is 26.4 Å². The Kier molecular flexibility index (Phi) is 6.67. The van der Waals surface area contributed by atoms with E-state index in [1.807, 2.05) is 0 Å². The number of morpholine rings is 1. The van der Waals surface area contributed by atoms with Crippen LogP contribution in [0, 0.1) is 0 Å². The van der Waals surface area contributed by atoms with Crippen LogP contribution in [-0.2, 0) is 14.3 Å². The number of rotatable bonds is 5. The summed E-state index contributed by atoms with van der Waals surface area (Å²) in [7, 11) is 1.53. The number of primary amides is 1. The Labute approximate surface area is 145 Å². The summed E-state index contributed by atoms with van der Waals surface area (Å²) in [5.41, 5.74) is 11.0. The molecular formula is C14H25N7O4. The highest BCUT2D eigenvalue weighted by molar-refractivity contribution is 6.07. The van der Waals surface area contributed by atoms with Gasteiger partial charge in [0.2, 0.25) is 11.9 Å². The minimum Gasteiger partial charge on any atom is -0.376 e. The first kappa shape index (κ1) is 19.1. The maximum atomic E-state index is 12.4. The van der Waals surface area contributed by atoms with Gasteiger partial charge in [0.15, 0.2) is 0 Å². The Morgan fingerprint density at radius 3 is 2.88 bits per heavy atom. The number of nitrogens with two attached hydrogens (primary N) is 2. The highest BCUT2D eigenvalue weighted by Gasteiger charge is 2.31. The van der Waals surface area contributed by atoms with Gasteiger partial charge in [0.1, 0.15) is 6.04 Å². The van der Waals surface area contributed by atoms with E-state index < -0.39 is 18.0 Å². The number of nitrogens with one attached hydrogen (secondary N) is 3. The van der Waals surface area contributed by atoms with Crippen LogP contribution in [0.2, 0.25) is 0 Å². The minimum absolute atomic E-state index is 0.00753. The predicted molar refractivity (Wildman–Crippen MR) is 89.5 cm³/mol. The fraction of sp³-hybridized carbons (Fsp3) is 0.714. The molecule has 0 radical (unpaired) electrons. The van der Waals surface area contributed by atoms with Crippen LogP contribution in [0.15, 0.2) is 4.99 Å². The molecule has 0 spiro atoms. The zero-order valence-corrected chi connectivity index (χ0v) is 14.2. The molecule has 2 rings (SSSR count). The largest absolute Gasteiger partial charge is 0.376 e. The molecule has 7 N–H and O–H groups in total. The monoisotopic (exact) mass is 355 g/mol. The number of amides is 4. The number of nitrogens with zero attached hydrogens (tertiary/aromatic N) is 2. The number of aliphatic imine (C=N–C) groups is 1. The summed E-state index contributed by atoms with van der Waals surface area (Å²) in [5, 5.41) is 7.80. The second-order valence-electron chi connectivity index (χ2n) is 6.09. The number of carbonyl (C=O) groups excluding carboxylic acids is 3. The summed E-state index contributed by atoms with van der Waals surface area (Å²) in [5.74, 6) is -0.714. The number of hydrogen-bond acceptors (Lipinski definition) is 7. The number of ether oxygens (including phenoxy) is 1. The van der Waals surface area contributed by atoms with E-state index in [-0.39, 0.29) is 37.0 Å². The lowest BCUT2D eigenvalue weighted by molar-refractivity contribution is -0.138. The van der Waals surface area contributed by atoms with Gasteiger partial charge in [-0.2, -0.15) is 0 Å². The van der Waals surface area contributed by atoms with E-state index >= 15 is 0 Å². The Balaban J connectivity index is 1.83. The van der Waals surface area contributed by atoms with Crippen molar-refractivity contribution in [3.05, 3.63) is 0 Å². The van der Waals surface area contributed by atoms with Gasteiger partial charge in [-0.15, -0.1) is 0 Å². The summed E-state index contributed by atoms with van der Waals surface area (Å²) < 4.78 is 5.57. The van der Waals surface area contributed by atoms with Crippen molar-refractivity contribution in [2.75, 3.05) is 33.3 Å². The topological polar surface area (TPSA) is 164 Å². The van der Waals surface area contributed by atoms with Gasteiger partial charge in [0.25, 0.3) is 5.91 Å². The van der Waals surface area contributed by atoms with E-state index in [4.69, 9.17) is 16.2 Å². The molecule has 0 aromatic carbocycles. The van der Waals surface area contributed by atoms with Crippen LogP contribution >= 0.6 is 0 Å². The lowest BCUT2D eigenvalue weighted by atomic mass is 10.0. The SMILES string of the molecule is CN(C(=O)CC(N)CC1CNCCO1)[C@H]1CN=C(NC(N)=O)NC1=O. The fourth-order valence-electron chi connectivity index (χ4n) is 2.72. The fourth-order valence-corrected chi connectivity index (χ4v) is 2.72. The second-order valence-corrected chi connectivity index (χ2v) is 6.09. The third-order valence-electron chi connectivity index (χ3n) is 4.08. The smallest absolute Gasteiger partial charge is 0.318 e. The molecule has 0 bridgehead atoms. The van der Waals surface area contributed by atoms with Crippen molar-refractivity contribution in [1.82, 2.24) is 20.9 Å². The molecule has 11 nitrogen and oxygen atoms in total. The molecule has 1 fully saturated rings. The maximum Gasteiger partial charge on any atom is 0.318 e. The van der Waals surface area contributed by atoms with E-state index in [0.29, 0.717) is 19.6 Å². The molecule has 2 aliphatic heterocycles. The molecule has 0 aromatic rings. The Bertz CT molecular complexity index is 547. The van der Waals surface area contributed by atoms with E-state index in [2.05, 4.69) is 20.9 Å². The van der Waals surface area contributed by atoms with E-state index in [0.717, 1.165) is 6.54 Å². The normalized spacial score (nSPS) is 24.7. The van der Waals surface area contributed by atoms with E-state index in [1.165, 1.54) is 11.9 Å². The maximum absolute atomic E-state index is 12.4. The summed E-state index contributed by atoms with van der Waals surface area (Å²) in [6, 6.07) is -1.94. The molecule has 2 aliphatic rings. The van der Waals surface area contributed by atoms with Crippen molar-refractivity contribution in [3.63, 3.8) is 0 Å². The molecule has 140 valence electrons. The molecule has 2 unspecified atom stereocenters. The summed E-state index contributed by atoms with van der Waals surface area (Å²) in [4.78, 5) is 40.6. The quantitative estimate of drug-likeness (QED) is 0.354. The lowest BCUT2D eigenvalue weighted by Crippen LogP contribution is -2.58. The van der Waals surface area contributed by atoms with Crippen molar-refractivity contribution < 1.29 is 19.1 Å². The number of hydrogen-bond donors (Lipinski definition) is 5. The van der Waals surface area contributed by atoms with Gasteiger partial charge in [0.05, 0.1) is 19.3 Å². The van der Waals surface area contributed by atoms with E-state index in [1.54, 1.807) is 0 Å². The first-order valence-corrected chi connectivity index (χ1v) is 8.12. The molecule has 2 heterocycles. The predicted octanol–water partition coefficient (Wildman–Crippen LogP) is -2.94. The number of likely N-dealkylation sites (N-methyl/N-ethyl adjacent to an activating group) is 1. The zero-order valence-electron chi connectivity index (χ0n) is 14.2. The van der Waals surface area contributed by atoms with Crippen molar-refractivity contribution in [2.45, 2.75) is 31.0 Å². The summed E-state index contributed by atoms with van der Waals surface area (Å²) in [6.07, 6.45) is 0.664. The summed E-state index contributed by atoms with van der Waals surface area (Å²) >= 11 is 0. The van der Waals surface area contributed by atoms with Crippen LogP contribution in [0.1, 0.15) is 12.8 Å². The van der Waals surface area contributed by atoms with Crippen LogP contribution in [0.3, 0.4) is 0 Å². The molecule has 0 saturated carbocycles. The van der Waals surface area contributed by atoms with Crippen LogP contribution in [0.25, 0.3) is 0 Å². The summed E-state index contributed by atoms with van der Waals surface area (Å²) in [6.45, 7) is 2.20. The van der Waals surface area contributed by atoms with Crippen molar-refractivity contribution in [1.29, 1.82) is 0 Å². The van der Waals surface area contributed by atoms with Gasteiger partial charge in [-0.25, -0.2) is 9.79 Å². The number of carbonyl (C=O) groups is 3. The van der Waals surface area contributed by atoms with Crippen LogP contribution in [-0.4, -0.2) is 80.2 Å². The van der Waals surface area contributed by atoms with Gasteiger partial charge in [-0.05, 0) is 6.42 Å². The minimum atomic E-state index is -0.827. The van der Waals surface area contributed by atoms with Gasteiger partial charge >= 0.3 is 6.03 Å². The van der Waals surface area contributed by atoms with Crippen LogP contribution in [0.4, 0.5) is 4.79 Å². The molecular weight excluding hydrogens is 330 g/mol. The van der Waals surface area contributed by atoms with Crippen molar-refractivity contribution in [2.24, 2.45) is 16.5 Å².